The molecule has 5 nitrogen and oxygen atoms in total. The van der Waals surface area contributed by atoms with Crippen molar-refractivity contribution in [3.63, 3.8) is 0 Å². The maximum atomic E-state index is 12.4. The summed E-state index contributed by atoms with van der Waals surface area (Å²) >= 11 is 0. The van der Waals surface area contributed by atoms with E-state index in [2.05, 4.69) is 23.8 Å². The topological polar surface area (TPSA) is 50.8 Å². The molecule has 2 aromatic carbocycles. The average Bonchev–Trinajstić information content (AvgIpc) is 3.02. The van der Waals surface area contributed by atoms with Gasteiger partial charge in [-0.3, -0.25) is 9.69 Å². The van der Waals surface area contributed by atoms with Crippen molar-refractivity contribution in [2.75, 3.05) is 25.7 Å². The van der Waals surface area contributed by atoms with Crippen LogP contribution in [0.4, 0.5) is 5.69 Å². The molecule has 5 heteroatoms. The Hall–Kier alpha value is -2.79. The molecule has 1 N–H and O–H groups in total. The number of hydrogen-bond donors (Lipinski definition) is 1. The Morgan fingerprint density at radius 3 is 2.60 bits per heavy atom. The number of nitrogens with one attached hydrogen (secondary N) is 1. The quantitative estimate of drug-likeness (QED) is 0.817. The Kier molecular flexibility index (Phi) is 5.05. The summed E-state index contributed by atoms with van der Waals surface area (Å²) in [4.78, 5) is 14.6. The third-order valence-electron chi connectivity index (χ3n) is 3.84. The van der Waals surface area contributed by atoms with Gasteiger partial charge in [0.25, 0.3) is 5.91 Å². The Bertz CT molecular complexity index is 784. The Labute approximate surface area is 147 Å². The number of hydrogen-bond acceptors (Lipinski definition) is 4. The van der Waals surface area contributed by atoms with Crippen molar-refractivity contribution < 1.29 is 14.3 Å². The second kappa shape index (κ2) is 7.40. The van der Waals surface area contributed by atoms with Crippen molar-refractivity contribution >= 4 is 11.6 Å². The SMILES string of the molecule is C=C(C)CN(C)Cc1ccc(C(=O)Nc2ccc3c(c2)OCO3)cc1. The van der Waals surface area contributed by atoms with Gasteiger partial charge in [-0.25, -0.2) is 0 Å². The summed E-state index contributed by atoms with van der Waals surface area (Å²) in [7, 11) is 2.05. The molecule has 0 aromatic heterocycles. The molecule has 0 aliphatic carbocycles. The number of fused-ring (bicyclic) bond motifs is 1. The third-order valence-corrected chi connectivity index (χ3v) is 3.84. The lowest BCUT2D eigenvalue weighted by molar-refractivity contribution is 0.102. The van der Waals surface area contributed by atoms with Crippen LogP contribution in [0.3, 0.4) is 0 Å². The van der Waals surface area contributed by atoms with E-state index in [1.165, 1.54) is 0 Å². The van der Waals surface area contributed by atoms with Crippen LogP contribution in [-0.4, -0.2) is 31.2 Å². The number of benzene rings is 2. The predicted octanol–water partition coefficient (Wildman–Crippen LogP) is 3.68. The van der Waals surface area contributed by atoms with Crippen LogP contribution in [0.15, 0.2) is 54.6 Å². The molecule has 0 radical (unpaired) electrons. The number of carbonyl (C=O) groups excluding carboxylic acids is 1. The largest absolute Gasteiger partial charge is 0.454 e. The molecule has 0 fully saturated rings. The summed E-state index contributed by atoms with van der Waals surface area (Å²) in [6.07, 6.45) is 0. The lowest BCUT2D eigenvalue weighted by Crippen LogP contribution is -2.19. The molecular formula is C20H22N2O3. The highest BCUT2D eigenvalue weighted by molar-refractivity contribution is 6.04. The average molecular weight is 338 g/mol. The van der Waals surface area contributed by atoms with E-state index in [4.69, 9.17) is 9.47 Å². The molecular weight excluding hydrogens is 316 g/mol. The molecule has 2 aromatic rings. The molecule has 0 atom stereocenters. The fourth-order valence-corrected chi connectivity index (χ4v) is 2.77. The second-order valence-corrected chi connectivity index (χ2v) is 6.35. The summed E-state index contributed by atoms with van der Waals surface area (Å²) in [6.45, 7) is 7.82. The van der Waals surface area contributed by atoms with E-state index in [0.717, 1.165) is 24.2 Å². The van der Waals surface area contributed by atoms with E-state index in [9.17, 15) is 4.79 Å². The maximum absolute atomic E-state index is 12.4. The van der Waals surface area contributed by atoms with Crippen LogP contribution >= 0.6 is 0 Å². The van der Waals surface area contributed by atoms with E-state index in [1.54, 1.807) is 18.2 Å². The monoisotopic (exact) mass is 338 g/mol. The van der Waals surface area contributed by atoms with E-state index in [-0.39, 0.29) is 12.7 Å². The minimum atomic E-state index is -0.152. The molecule has 1 amide bonds. The number of ether oxygens (including phenoxy) is 2. The number of likely N-dealkylation sites (N-methyl/N-ethyl adjacent to an activating group) is 1. The lowest BCUT2D eigenvalue weighted by Gasteiger charge is -2.16. The number of amides is 1. The number of anilines is 1. The maximum Gasteiger partial charge on any atom is 0.255 e. The first-order valence-corrected chi connectivity index (χ1v) is 8.14. The van der Waals surface area contributed by atoms with Gasteiger partial charge in [-0.05, 0) is 43.8 Å². The van der Waals surface area contributed by atoms with Crippen LogP contribution < -0.4 is 14.8 Å². The molecule has 0 bridgehead atoms. The van der Waals surface area contributed by atoms with Crippen LogP contribution in [0.5, 0.6) is 11.5 Å². The third kappa shape index (κ3) is 4.39. The highest BCUT2D eigenvalue weighted by Crippen LogP contribution is 2.34. The van der Waals surface area contributed by atoms with Gasteiger partial charge in [0.2, 0.25) is 6.79 Å². The van der Waals surface area contributed by atoms with Gasteiger partial charge < -0.3 is 14.8 Å². The fraction of sp³-hybridized carbons (Fsp3) is 0.250. The van der Waals surface area contributed by atoms with Crippen molar-refractivity contribution in [3.05, 3.63) is 65.7 Å². The minimum absolute atomic E-state index is 0.152. The van der Waals surface area contributed by atoms with Crippen molar-refractivity contribution in [1.82, 2.24) is 4.90 Å². The molecule has 0 spiro atoms. The van der Waals surface area contributed by atoms with E-state index in [1.807, 2.05) is 31.2 Å². The number of carbonyl (C=O) groups is 1. The van der Waals surface area contributed by atoms with Crippen LogP contribution in [0.1, 0.15) is 22.8 Å². The zero-order chi connectivity index (χ0) is 17.8. The van der Waals surface area contributed by atoms with Crippen molar-refractivity contribution in [3.8, 4) is 11.5 Å². The van der Waals surface area contributed by atoms with Crippen molar-refractivity contribution in [2.24, 2.45) is 0 Å². The summed E-state index contributed by atoms with van der Waals surface area (Å²) in [6, 6.07) is 13.0. The minimum Gasteiger partial charge on any atom is -0.454 e. The second-order valence-electron chi connectivity index (χ2n) is 6.35. The van der Waals surface area contributed by atoms with Gasteiger partial charge in [-0.2, -0.15) is 0 Å². The smallest absolute Gasteiger partial charge is 0.255 e. The predicted molar refractivity (Wildman–Crippen MR) is 98.1 cm³/mol. The standard InChI is InChI=1S/C20H22N2O3/c1-14(2)11-22(3)12-15-4-6-16(7-5-15)20(23)21-17-8-9-18-19(10-17)25-13-24-18/h4-10H,1,11-13H2,2-3H3,(H,21,23). The van der Waals surface area contributed by atoms with E-state index in [0.29, 0.717) is 22.7 Å². The summed E-state index contributed by atoms with van der Waals surface area (Å²) in [5.41, 5.74) is 3.58. The normalized spacial score (nSPS) is 12.3. The van der Waals surface area contributed by atoms with Gasteiger partial charge in [0.05, 0.1) is 0 Å². The Balaban J connectivity index is 1.61. The fourth-order valence-electron chi connectivity index (χ4n) is 2.77. The zero-order valence-corrected chi connectivity index (χ0v) is 14.5. The molecule has 1 heterocycles. The highest BCUT2D eigenvalue weighted by Gasteiger charge is 2.14. The first-order valence-electron chi connectivity index (χ1n) is 8.14. The highest BCUT2D eigenvalue weighted by atomic mass is 16.7. The summed E-state index contributed by atoms with van der Waals surface area (Å²) in [5, 5.41) is 2.88. The molecule has 0 unspecified atom stereocenters. The number of nitrogens with zero attached hydrogens (tertiary/aromatic N) is 1. The zero-order valence-electron chi connectivity index (χ0n) is 14.5. The molecule has 0 saturated carbocycles. The molecule has 130 valence electrons. The summed E-state index contributed by atoms with van der Waals surface area (Å²) in [5.74, 6) is 1.19. The Morgan fingerprint density at radius 1 is 1.16 bits per heavy atom. The van der Waals surface area contributed by atoms with Gasteiger partial charge >= 0.3 is 0 Å². The molecule has 3 rings (SSSR count). The molecule has 0 saturated heterocycles. The van der Waals surface area contributed by atoms with Crippen molar-refractivity contribution in [1.29, 1.82) is 0 Å². The molecule has 1 aliphatic rings. The molecule has 1 aliphatic heterocycles. The van der Waals surface area contributed by atoms with Crippen LogP contribution in [0.25, 0.3) is 0 Å². The first-order chi connectivity index (χ1) is 12.0. The molecule has 25 heavy (non-hydrogen) atoms. The van der Waals surface area contributed by atoms with E-state index >= 15 is 0 Å². The van der Waals surface area contributed by atoms with Crippen LogP contribution in [0.2, 0.25) is 0 Å². The van der Waals surface area contributed by atoms with Gasteiger partial charge in [-0.15, -0.1) is 0 Å². The van der Waals surface area contributed by atoms with Crippen LogP contribution in [-0.2, 0) is 6.54 Å². The first kappa shape index (κ1) is 17.0. The summed E-state index contributed by atoms with van der Waals surface area (Å²) < 4.78 is 10.6. The van der Waals surface area contributed by atoms with Crippen LogP contribution in [0, 0.1) is 0 Å². The lowest BCUT2D eigenvalue weighted by atomic mass is 10.1. The van der Waals surface area contributed by atoms with Gasteiger partial charge in [0.15, 0.2) is 11.5 Å². The van der Waals surface area contributed by atoms with Crippen molar-refractivity contribution in [2.45, 2.75) is 13.5 Å². The Morgan fingerprint density at radius 2 is 1.88 bits per heavy atom. The number of rotatable bonds is 6. The van der Waals surface area contributed by atoms with Gasteiger partial charge in [0, 0.05) is 30.4 Å². The van der Waals surface area contributed by atoms with E-state index < -0.39 is 0 Å². The van der Waals surface area contributed by atoms with Gasteiger partial charge in [-0.1, -0.05) is 24.3 Å². The van der Waals surface area contributed by atoms with Gasteiger partial charge in [0.1, 0.15) is 0 Å².